The fourth-order valence-corrected chi connectivity index (χ4v) is 13.3. The summed E-state index contributed by atoms with van der Waals surface area (Å²) in [5.74, 6) is 7.76. The molecule has 2 heterocycles. The molecular formula is C44H55N3O3SSi. The third-order valence-corrected chi connectivity index (χ3v) is 16.2. The van der Waals surface area contributed by atoms with Crippen molar-refractivity contribution in [1.82, 2.24) is 14.2 Å². The van der Waals surface area contributed by atoms with Gasteiger partial charge in [-0.1, -0.05) is 125 Å². The van der Waals surface area contributed by atoms with Gasteiger partial charge in [-0.2, -0.15) is 0 Å². The summed E-state index contributed by atoms with van der Waals surface area (Å²) in [5, 5.41) is 2.34. The maximum absolute atomic E-state index is 14.2. The summed E-state index contributed by atoms with van der Waals surface area (Å²) < 4.78 is 29.6. The van der Waals surface area contributed by atoms with E-state index in [1.54, 1.807) is 0 Å². The highest BCUT2D eigenvalue weighted by Gasteiger charge is 2.50. The number of pyridine rings is 1. The van der Waals surface area contributed by atoms with Crippen molar-refractivity contribution in [3.05, 3.63) is 120 Å². The molecule has 0 saturated heterocycles. The molecule has 3 aromatic carbocycles. The first kappa shape index (κ1) is 39.5. The molecule has 0 radical (unpaired) electrons. The zero-order valence-corrected chi connectivity index (χ0v) is 33.9. The van der Waals surface area contributed by atoms with Crippen LogP contribution in [0.4, 0.5) is 0 Å². The van der Waals surface area contributed by atoms with Gasteiger partial charge in [0.2, 0.25) is 0 Å². The van der Waals surface area contributed by atoms with Gasteiger partial charge in [-0.05, 0) is 73.0 Å². The van der Waals surface area contributed by atoms with Gasteiger partial charge in [-0.25, -0.2) is 4.98 Å². The SMILES string of the molecule is C=C(OCC)c1cc2c(c(-c3cccc(C#CCN(C)C)c3)n1)[C@@H](CCO[Si](c1ccccc1)(c1ccccc1)C(C)(C)C)N([S+]([O-])CCCC)C2. The first-order valence-corrected chi connectivity index (χ1v) is 21.7. The Bertz CT molecular complexity index is 1810. The van der Waals surface area contributed by atoms with Gasteiger partial charge in [0.15, 0.2) is 0 Å². The number of fused-ring (bicyclic) bond motifs is 1. The first-order chi connectivity index (χ1) is 25.0. The molecule has 5 rings (SSSR count). The van der Waals surface area contributed by atoms with Crippen molar-refractivity contribution in [3.8, 4) is 23.1 Å². The van der Waals surface area contributed by atoms with Crippen LogP contribution in [0.2, 0.25) is 5.04 Å². The molecule has 1 unspecified atom stereocenters. The van der Waals surface area contributed by atoms with Crippen LogP contribution < -0.4 is 10.4 Å². The van der Waals surface area contributed by atoms with E-state index >= 15 is 0 Å². The predicted octanol–water partition coefficient (Wildman–Crippen LogP) is 7.96. The van der Waals surface area contributed by atoms with E-state index < -0.39 is 19.7 Å². The Morgan fingerprint density at radius 2 is 1.67 bits per heavy atom. The van der Waals surface area contributed by atoms with Crippen LogP contribution in [0.3, 0.4) is 0 Å². The van der Waals surface area contributed by atoms with Gasteiger partial charge in [-0.3, -0.25) is 4.90 Å². The van der Waals surface area contributed by atoms with Gasteiger partial charge >= 0.3 is 0 Å². The Morgan fingerprint density at radius 1 is 1.00 bits per heavy atom. The Kier molecular flexibility index (Phi) is 13.6. The van der Waals surface area contributed by atoms with E-state index in [0.717, 1.165) is 40.8 Å². The predicted molar refractivity (Wildman–Crippen MR) is 220 cm³/mol. The minimum Gasteiger partial charge on any atom is -0.598 e. The van der Waals surface area contributed by atoms with E-state index in [1.807, 2.05) is 33.2 Å². The summed E-state index contributed by atoms with van der Waals surface area (Å²) in [6.07, 6.45) is 2.55. The van der Waals surface area contributed by atoms with E-state index in [9.17, 15) is 4.55 Å². The Balaban J connectivity index is 1.61. The van der Waals surface area contributed by atoms with Crippen molar-refractivity contribution in [2.24, 2.45) is 0 Å². The second kappa shape index (κ2) is 17.9. The highest BCUT2D eigenvalue weighted by atomic mass is 32.2. The number of rotatable bonds is 15. The van der Waals surface area contributed by atoms with E-state index in [2.05, 4.69) is 134 Å². The molecule has 0 amide bonds. The summed E-state index contributed by atoms with van der Waals surface area (Å²) in [5.41, 5.74) is 5.65. The first-order valence-electron chi connectivity index (χ1n) is 18.5. The maximum atomic E-state index is 14.2. The van der Waals surface area contributed by atoms with Crippen LogP contribution in [-0.2, 0) is 27.1 Å². The average Bonchev–Trinajstić information content (AvgIpc) is 3.50. The van der Waals surface area contributed by atoms with E-state index in [1.165, 1.54) is 10.4 Å². The third-order valence-electron chi connectivity index (χ3n) is 9.58. The summed E-state index contributed by atoms with van der Waals surface area (Å²) in [6, 6.07) is 31.7. The molecule has 1 aromatic heterocycles. The number of hydrogen-bond acceptors (Lipinski definition) is 6. The Morgan fingerprint density at radius 3 is 2.27 bits per heavy atom. The lowest BCUT2D eigenvalue weighted by molar-refractivity contribution is 0.241. The minimum atomic E-state index is -2.78. The number of ether oxygens (including phenoxy) is 1. The Hall–Kier alpha value is -3.68. The van der Waals surface area contributed by atoms with Crippen molar-refractivity contribution < 1.29 is 13.7 Å². The molecule has 6 nitrogen and oxygen atoms in total. The zero-order valence-electron chi connectivity index (χ0n) is 32.1. The number of benzene rings is 3. The third kappa shape index (κ3) is 8.91. The molecule has 2 atom stereocenters. The standard InChI is InChI=1S/C44H55N3O3SSi/c1-9-11-30-51(48)47-33-37-32-40(34(3)49-10-2)45-43(36-22-18-20-35(31-36)21-19-28-46(7)8)42(37)41(47)27-29-50-52(44(4,5)6,38-23-14-12-15-24-38)39-25-16-13-17-26-39/h12-18,20,22-26,31-32,41H,3,9-11,27-30,33H2,1-2,4-8H3/t41-,51?/m1/s1. The quantitative estimate of drug-likeness (QED) is 0.0535. The molecule has 274 valence electrons. The highest BCUT2D eigenvalue weighted by molar-refractivity contribution is 7.89. The molecule has 4 aromatic rings. The topological polar surface area (TPSA) is 60.9 Å². The van der Waals surface area contributed by atoms with Gasteiger partial charge in [0.1, 0.15) is 17.2 Å². The lowest BCUT2D eigenvalue weighted by Crippen LogP contribution is -2.66. The highest BCUT2D eigenvalue weighted by Crippen LogP contribution is 2.45. The lowest BCUT2D eigenvalue weighted by Gasteiger charge is -2.43. The minimum absolute atomic E-state index is 0.151. The molecule has 0 N–H and O–H groups in total. The van der Waals surface area contributed by atoms with Crippen LogP contribution >= 0.6 is 0 Å². The molecular weight excluding hydrogens is 679 g/mol. The molecule has 0 spiro atoms. The number of unbranched alkanes of at least 4 members (excludes halogenated alkanes) is 1. The van der Waals surface area contributed by atoms with Crippen molar-refractivity contribution >= 4 is 35.8 Å². The van der Waals surface area contributed by atoms with E-state index in [-0.39, 0.29) is 11.1 Å². The molecule has 0 aliphatic carbocycles. The van der Waals surface area contributed by atoms with Crippen molar-refractivity contribution in [1.29, 1.82) is 0 Å². The molecule has 52 heavy (non-hydrogen) atoms. The van der Waals surface area contributed by atoms with Crippen LogP contribution in [0.15, 0.2) is 97.6 Å². The van der Waals surface area contributed by atoms with E-state index in [4.69, 9.17) is 14.1 Å². The van der Waals surface area contributed by atoms with Gasteiger partial charge < -0.3 is 13.7 Å². The largest absolute Gasteiger partial charge is 0.598 e. The van der Waals surface area contributed by atoms with Gasteiger partial charge in [-0.15, -0.1) is 4.31 Å². The van der Waals surface area contributed by atoms with Gasteiger partial charge in [0, 0.05) is 34.7 Å². The molecule has 1 aliphatic rings. The van der Waals surface area contributed by atoms with Crippen LogP contribution in [0.1, 0.15) is 82.3 Å². The van der Waals surface area contributed by atoms with Crippen molar-refractivity contribution in [2.45, 2.75) is 71.5 Å². The zero-order chi connectivity index (χ0) is 37.3. The maximum Gasteiger partial charge on any atom is 0.261 e. The molecule has 8 heteroatoms. The second-order valence-electron chi connectivity index (χ2n) is 14.7. The summed E-state index contributed by atoms with van der Waals surface area (Å²) in [4.78, 5) is 7.30. The smallest absolute Gasteiger partial charge is 0.261 e. The average molecular weight is 734 g/mol. The number of aromatic nitrogens is 1. The fourth-order valence-electron chi connectivity index (χ4n) is 7.16. The molecule has 1 aliphatic heterocycles. The van der Waals surface area contributed by atoms with Crippen molar-refractivity contribution in [3.63, 3.8) is 0 Å². The Labute approximate surface area is 316 Å². The summed E-state index contributed by atoms with van der Waals surface area (Å²) >= 11 is -1.18. The fraction of sp³-hybridized carbons (Fsp3) is 0.386. The van der Waals surface area contributed by atoms with E-state index in [0.29, 0.717) is 49.9 Å². The number of nitrogens with zero attached hydrogens (tertiary/aromatic N) is 3. The second-order valence-corrected chi connectivity index (χ2v) is 20.5. The summed E-state index contributed by atoms with van der Waals surface area (Å²) in [6.45, 7) is 17.5. The van der Waals surface area contributed by atoms with Crippen LogP contribution in [0, 0.1) is 11.8 Å². The van der Waals surface area contributed by atoms with Crippen molar-refractivity contribution in [2.75, 3.05) is 39.6 Å². The lowest BCUT2D eigenvalue weighted by atomic mass is 9.95. The molecule has 0 saturated carbocycles. The van der Waals surface area contributed by atoms with Crippen LogP contribution in [0.25, 0.3) is 17.0 Å². The number of hydrogen-bond donors (Lipinski definition) is 0. The van der Waals surface area contributed by atoms with Crippen LogP contribution in [0.5, 0.6) is 0 Å². The van der Waals surface area contributed by atoms with Crippen LogP contribution in [-0.4, -0.2) is 66.7 Å². The normalized spacial score (nSPS) is 15.2. The van der Waals surface area contributed by atoms with Gasteiger partial charge in [0.05, 0.1) is 31.4 Å². The van der Waals surface area contributed by atoms with Gasteiger partial charge in [0.25, 0.3) is 8.32 Å². The monoisotopic (exact) mass is 733 g/mol. The molecule has 0 bridgehead atoms. The molecule has 0 fully saturated rings. The summed E-state index contributed by atoms with van der Waals surface area (Å²) in [7, 11) is 1.25.